The molecule has 0 unspecified atom stereocenters. The Labute approximate surface area is 134 Å². The number of nitrogens with zero attached hydrogens (tertiary/aromatic N) is 1. The highest BCUT2D eigenvalue weighted by Crippen LogP contribution is 2.26. The first-order valence-electron chi connectivity index (χ1n) is 7.75. The number of carbonyl (C=O) groups excluding carboxylic acids is 1. The van der Waals surface area contributed by atoms with Crippen LogP contribution in [0.1, 0.15) is 28.4 Å². The lowest BCUT2D eigenvalue weighted by Crippen LogP contribution is -2.38. The first-order valence-corrected chi connectivity index (χ1v) is 7.75. The summed E-state index contributed by atoms with van der Waals surface area (Å²) >= 11 is 0. The number of hydrogen-bond donors (Lipinski definition) is 1. The summed E-state index contributed by atoms with van der Waals surface area (Å²) in [5, 5.41) is 2.90. The second-order valence-electron chi connectivity index (χ2n) is 5.96. The van der Waals surface area contributed by atoms with Gasteiger partial charge in [-0.3, -0.25) is 9.59 Å². The summed E-state index contributed by atoms with van der Waals surface area (Å²) in [5.41, 5.74) is 2.26. The molecule has 1 aliphatic rings. The van der Waals surface area contributed by atoms with E-state index in [1.807, 2.05) is 19.1 Å². The van der Waals surface area contributed by atoms with E-state index in [1.54, 1.807) is 25.4 Å². The summed E-state index contributed by atoms with van der Waals surface area (Å²) in [6.07, 6.45) is 3.28. The Morgan fingerprint density at radius 3 is 3.04 bits per heavy atom. The summed E-state index contributed by atoms with van der Waals surface area (Å²) in [6, 6.07) is 9.33. The molecule has 3 rings (SSSR count). The molecule has 0 radical (unpaired) electrons. The third kappa shape index (κ3) is 3.28. The molecule has 1 aromatic carbocycles. The summed E-state index contributed by atoms with van der Waals surface area (Å²) in [5.74, 6) is 0.626. The van der Waals surface area contributed by atoms with Crippen LogP contribution in [0.2, 0.25) is 0 Å². The smallest absolute Gasteiger partial charge is 0.263 e. The van der Waals surface area contributed by atoms with Gasteiger partial charge in [0.05, 0.1) is 6.61 Å². The molecule has 1 aliphatic heterocycles. The lowest BCUT2D eigenvalue weighted by Gasteiger charge is -2.14. The zero-order chi connectivity index (χ0) is 16.4. The molecule has 1 atom stereocenters. The molecule has 1 N–H and O–H groups in total. The van der Waals surface area contributed by atoms with E-state index in [0.717, 1.165) is 24.3 Å². The van der Waals surface area contributed by atoms with Crippen molar-refractivity contribution in [3.63, 3.8) is 0 Å². The van der Waals surface area contributed by atoms with Gasteiger partial charge in [-0.25, -0.2) is 0 Å². The number of hydrogen-bond acceptors (Lipinski definition) is 3. The predicted molar refractivity (Wildman–Crippen MR) is 88.0 cm³/mol. The second kappa shape index (κ2) is 6.28. The van der Waals surface area contributed by atoms with Crippen LogP contribution in [0.4, 0.5) is 0 Å². The maximum absolute atomic E-state index is 12.3. The fourth-order valence-corrected chi connectivity index (χ4v) is 2.84. The van der Waals surface area contributed by atoms with Crippen molar-refractivity contribution >= 4 is 5.91 Å². The number of pyridine rings is 1. The molecule has 2 aromatic rings. The molecule has 5 nitrogen and oxygen atoms in total. The van der Waals surface area contributed by atoms with Crippen LogP contribution in [0.3, 0.4) is 0 Å². The van der Waals surface area contributed by atoms with E-state index in [0.29, 0.717) is 6.42 Å². The van der Waals surface area contributed by atoms with Crippen molar-refractivity contribution in [3.8, 4) is 5.75 Å². The van der Waals surface area contributed by atoms with Crippen LogP contribution in [0, 0.1) is 0 Å². The highest BCUT2D eigenvalue weighted by atomic mass is 16.5. The van der Waals surface area contributed by atoms with Crippen molar-refractivity contribution in [2.24, 2.45) is 7.05 Å². The van der Waals surface area contributed by atoms with E-state index >= 15 is 0 Å². The molecule has 0 spiro atoms. The summed E-state index contributed by atoms with van der Waals surface area (Å²) < 4.78 is 6.90. The number of nitrogens with one attached hydrogen (secondary N) is 1. The highest BCUT2D eigenvalue weighted by molar-refractivity contribution is 5.93. The van der Waals surface area contributed by atoms with Gasteiger partial charge in [0.1, 0.15) is 11.3 Å². The quantitative estimate of drug-likeness (QED) is 0.934. The second-order valence-corrected chi connectivity index (χ2v) is 5.96. The van der Waals surface area contributed by atoms with Crippen LogP contribution < -0.4 is 15.6 Å². The van der Waals surface area contributed by atoms with Gasteiger partial charge in [0, 0.05) is 25.7 Å². The number of amides is 1. The van der Waals surface area contributed by atoms with Gasteiger partial charge in [-0.05, 0) is 42.7 Å². The Hall–Kier alpha value is -2.56. The molecular formula is C18H20N2O3. The van der Waals surface area contributed by atoms with Crippen LogP contribution in [-0.4, -0.2) is 23.1 Å². The monoisotopic (exact) mass is 312 g/mol. The molecule has 5 heteroatoms. The zero-order valence-corrected chi connectivity index (χ0v) is 13.3. The van der Waals surface area contributed by atoms with Crippen molar-refractivity contribution in [2.45, 2.75) is 25.8 Å². The Bertz CT molecular complexity index is 795. The largest absolute Gasteiger partial charge is 0.493 e. The summed E-state index contributed by atoms with van der Waals surface area (Å²) in [7, 11) is 1.63. The lowest BCUT2D eigenvalue weighted by molar-refractivity contribution is 0.0938. The van der Waals surface area contributed by atoms with E-state index in [2.05, 4.69) is 11.4 Å². The van der Waals surface area contributed by atoms with Gasteiger partial charge in [0.2, 0.25) is 0 Å². The predicted octanol–water partition coefficient (Wildman–Crippen LogP) is 1.68. The molecule has 0 fully saturated rings. The Morgan fingerprint density at radius 2 is 2.22 bits per heavy atom. The highest BCUT2D eigenvalue weighted by Gasteiger charge is 2.16. The Kier molecular flexibility index (Phi) is 4.19. The van der Waals surface area contributed by atoms with E-state index in [4.69, 9.17) is 4.74 Å². The van der Waals surface area contributed by atoms with Gasteiger partial charge in [-0.1, -0.05) is 12.1 Å². The Balaban J connectivity index is 1.67. The minimum Gasteiger partial charge on any atom is -0.493 e. The fraction of sp³-hybridized carbons (Fsp3) is 0.333. The van der Waals surface area contributed by atoms with E-state index in [9.17, 15) is 9.59 Å². The third-order valence-electron chi connectivity index (χ3n) is 4.04. The molecular weight excluding hydrogens is 292 g/mol. The van der Waals surface area contributed by atoms with Gasteiger partial charge in [-0.15, -0.1) is 0 Å². The molecule has 2 heterocycles. The molecule has 0 saturated carbocycles. The minimum atomic E-state index is -0.330. The number of carbonyl (C=O) groups is 1. The van der Waals surface area contributed by atoms with Crippen LogP contribution in [-0.2, 0) is 19.9 Å². The van der Waals surface area contributed by atoms with Crippen LogP contribution >= 0.6 is 0 Å². The summed E-state index contributed by atoms with van der Waals surface area (Å²) in [6.45, 7) is 2.68. The molecule has 0 saturated heterocycles. The number of ether oxygens (including phenoxy) is 1. The van der Waals surface area contributed by atoms with Gasteiger partial charge in [0.15, 0.2) is 0 Å². The van der Waals surface area contributed by atoms with Crippen LogP contribution in [0.25, 0.3) is 0 Å². The normalized spacial score (nSPS) is 14.0. The molecule has 120 valence electrons. The van der Waals surface area contributed by atoms with Crippen molar-refractivity contribution < 1.29 is 9.53 Å². The van der Waals surface area contributed by atoms with Crippen LogP contribution in [0.15, 0.2) is 41.3 Å². The average Bonchev–Trinajstić information content (AvgIpc) is 2.97. The number of aromatic nitrogens is 1. The van der Waals surface area contributed by atoms with E-state index < -0.39 is 0 Å². The van der Waals surface area contributed by atoms with Crippen LogP contribution in [0.5, 0.6) is 5.75 Å². The number of rotatable bonds is 4. The lowest BCUT2D eigenvalue weighted by atomic mass is 10.0. The summed E-state index contributed by atoms with van der Waals surface area (Å²) in [4.78, 5) is 24.2. The molecule has 0 bridgehead atoms. The number of aryl methyl sites for hydroxylation is 1. The van der Waals surface area contributed by atoms with Crippen molar-refractivity contribution in [1.82, 2.24) is 9.88 Å². The van der Waals surface area contributed by atoms with Crippen molar-refractivity contribution in [2.75, 3.05) is 6.61 Å². The Morgan fingerprint density at radius 1 is 1.39 bits per heavy atom. The maximum atomic E-state index is 12.3. The van der Waals surface area contributed by atoms with E-state index in [-0.39, 0.29) is 23.1 Å². The molecule has 23 heavy (non-hydrogen) atoms. The van der Waals surface area contributed by atoms with Gasteiger partial charge >= 0.3 is 0 Å². The first-order chi connectivity index (χ1) is 11.0. The topological polar surface area (TPSA) is 60.3 Å². The SMILES string of the molecule is C[C@H](Cc1ccc2c(c1)CCO2)NC(=O)c1cccn(C)c1=O. The number of fused-ring (bicyclic) bond motifs is 1. The minimum absolute atomic E-state index is 0.0622. The van der Waals surface area contributed by atoms with Crippen molar-refractivity contribution in [3.05, 3.63) is 63.6 Å². The molecule has 0 aliphatic carbocycles. The van der Waals surface area contributed by atoms with E-state index in [1.165, 1.54) is 10.1 Å². The fourth-order valence-electron chi connectivity index (χ4n) is 2.84. The number of benzene rings is 1. The van der Waals surface area contributed by atoms with Crippen molar-refractivity contribution in [1.29, 1.82) is 0 Å². The third-order valence-corrected chi connectivity index (χ3v) is 4.04. The standard InChI is InChI=1S/C18H20N2O3/c1-12(10-13-5-6-16-14(11-13)7-9-23-16)19-17(21)15-4-3-8-20(2)18(15)22/h3-6,8,11-12H,7,9-10H2,1-2H3,(H,19,21)/t12-/m1/s1. The van der Waals surface area contributed by atoms with Gasteiger partial charge < -0.3 is 14.6 Å². The maximum Gasteiger partial charge on any atom is 0.263 e. The zero-order valence-electron chi connectivity index (χ0n) is 13.3. The van der Waals surface area contributed by atoms with Gasteiger partial charge in [0.25, 0.3) is 11.5 Å². The first kappa shape index (κ1) is 15.3. The van der Waals surface area contributed by atoms with Gasteiger partial charge in [-0.2, -0.15) is 0 Å². The molecule has 1 aromatic heterocycles. The average molecular weight is 312 g/mol. The molecule has 1 amide bonds.